The van der Waals surface area contributed by atoms with Gasteiger partial charge in [-0.3, -0.25) is 4.79 Å². The van der Waals surface area contributed by atoms with Crippen LogP contribution in [-0.4, -0.2) is 17.9 Å². The summed E-state index contributed by atoms with van der Waals surface area (Å²) in [5, 5.41) is 0. The maximum absolute atomic E-state index is 12.6. The first-order valence-electron chi connectivity index (χ1n) is 7.71. The van der Waals surface area contributed by atoms with Crippen LogP contribution in [0.4, 0.5) is 5.69 Å². The Labute approximate surface area is 131 Å². The Hall–Kier alpha value is -1.42. The van der Waals surface area contributed by atoms with Crippen LogP contribution in [0.1, 0.15) is 37.7 Å². The Balaban J connectivity index is 1.71. The van der Waals surface area contributed by atoms with Crippen molar-refractivity contribution in [1.82, 2.24) is 0 Å². The molecule has 0 saturated heterocycles. The molecule has 0 aromatic heterocycles. The summed E-state index contributed by atoms with van der Waals surface area (Å²) in [4.78, 5) is 14.7. The number of nitrogens with zero attached hydrogens (tertiary/aromatic N) is 1. The van der Waals surface area contributed by atoms with Crippen molar-refractivity contribution >= 4 is 28.8 Å². The number of hydrogen-bond donors (Lipinski definition) is 1. The quantitative estimate of drug-likeness (QED) is 0.869. The van der Waals surface area contributed by atoms with Crippen molar-refractivity contribution in [3.8, 4) is 0 Å². The minimum atomic E-state index is 0.177. The number of para-hydroxylation sites is 1. The van der Waals surface area contributed by atoms with E-state index in [0.29, 0.717) is 17.3 Å². The third-order valence-corrected chi connectivity index (χ3v) is 5.45. The molecule has 0 spiro atoms. The number of amides is 1. The largest absolute Gasteiger partial charge is 0.389 e. The molecule has 112 valence electrons. The van der Waals surface area contributed by atoms with Gasteiger partial charge in [-0.05, 0) is 49.1 Å². The lowest BCUT2D eigenvalue weighted by Gasteiger charge is -2.25. The summed E-state index contributed by atoms with van der Waals surface area (Å²) >= 11 is 5.08. The maximum atomic E-state index is 12.6. The Kier molecular flexibility index (Phi) is 3.98. The summed E-state index contributed by atoms with van der Waals surface area (Å²) in [5.41, 5.74) is 7.35. The highest BCUT2D eigenvalue weighted by molar-refractivity contribution is 7.80. The van der Waals surface area contributed by atoms with Gasteiger partial charge >= 0.3 is 0 Å². The molecule has 2 N–H and O–H groups in total. The lowest BCUT2D eigenvalue weighted by Crippen LogP contribution is -2.31. The molecule has 3 unspecified atom stereocenters. The van der Waals surface area contributed by atoms with Crippen LogP contribution in [0.15, 0.2) is 24.3 Å². The van der Waals surface area contributed by atoms with E-state index in [4.69, 9.17) is 18.0 Å². The molecule has 2 fully saturated rings. The van der Waals surface area contributed by atoms with E-state index in [9.17, 15) is 4.79 Å². The van der Waals surface area contributed by atoms with Gasteiger partial charge in [0.05, 0.1) is 5.69 Å². The average Bonchev–Trinajstić information content (AvgIpc) is 3.09. The summed E-state index contributed by atoms with van der Waals surface area (Å²) in [5.74, 6) is 2.41. The van der Waals surface area contributed by atoms with Gasteiger partial charge in [-0.15, -0.1) is 0 Å². The van der Waals surface area contributed by atoms with Crippen LogP contribution in [0.2, 0.25) is 0 Å². The number of fused-ring (bicyclic) bond motifs is 2. The number of anilines is 1. The van der Waals surface area contributed by atoms with Crippen LogP contribution in [0.25, 0.3) is 0 Å². The van der Waals surface area contributed by atoms with Gasteiger partial charge in [-0.25, -0.2) is 0 Å². The Morgan fingerprint density at radius 3 is 2.71 bits per heavy atom. The molecule has 4 heteroatoms. The summed E-state index contributed by atoms with van der Waals surface area (Å²) in [7, 11) is 1.83. The van der Waals surface area contributed by atoms with E-state index in [2.05, 4.69) is 0 Å². The van der Waals surface area contributed by atoms with E-state index in [1.807, 2.05) is 31.3 Å². The van der Waals surface area contributed by atoms with E-state index >= 15 is 0 Å². The van der Waals surface area contributed by atoms with Crippen molar-refractivity contribution in [3.63, 3.8) is 0 Å². The second-order valence-corrected chi connectivity index (χ2v) is 6.91. The lowest BCUT2D eigenvalue weighted by atomic mass is 9.86. The fourth-order valence-electron chi connectivity index (χ4n) is 4.10. The van der Waals surface area contributed by atoms with Crippen molar-refractivity contribution in [3.05, 3.63) is 29.8 Å². The molecule has 0 radical (unpaired) electrons. The Morgan fingerprint density at radius 2 is 2.10 bits per heavy atom. The average molecular weight is 302 g/mol. The van der Waals surface area contributed by atoms with Gasteiger partial charge in [0.2, 0.25) is 5.91 Å². The highest BCUT2D eigenvalue weighted by Crippen LogP contribution is 2.49. The molecule has 0 heterocycles. The number of rotatable bonds is 4. The highest BCUT2D eigenvalue weighted by Gasteiger charge is 2.40. The zero-order chi connectivity index (χ0) is 15.0. The smallest absolute Gasteiger partial charge is 0.227 e. The van der Waals surface area contributed by atoms with E-state index in [1.54, 1.807) is 4.90 Å². The molecule has 3 rings (SSSR count). The number of carbonyl (C=O) groups is 1. The molecule has 1 amide bonds. The standard InChI is InChI=1S/C17H22N2OS/c1-19(15-5-3-2-4-14(15)17(18)21)16(20)10-13-9-11-6-7-12(13)8-11/h2-5,11-13H,6-10H2,1H3,(H2,18,21). The maximum Gasteiger partial charge on any atom is 0.227 e. The van der Waals surface area contributed by atoms with Gasteiger partial charge in [0.1, 0.15) is 4.99 Å². The number of thiocarbonyl (C=S) groups is 1. The fraction of sp³-hybridized carbons (Fsp3) is 0.529. The number of benzene rings is 1. The Bertz CT molecular complexity index is 572. The zero-order valence-corrected chi connectivity index (χ0v) is 13.2. The predicted octanol–water partition coefficient (Wildman–Crippen LogP) is 3.11. The second kappa shape index (κ2) is 5.76. The number of carbonyl (C=O) groups excluding carboxylic acids is 1. The third kappa shape index (κ3) is 2.82. The molecule has 21 heavy (non-hydrogen) atoms. The van der Waals surface area contributed by atoms with Crippen molar-refractivity contribution in [2.75, 3.05) is 11.9 Å². The van der Waals surface area contributed by atoms with Crippen molar-refractivity contribution < 1.29 is 4.79 Å². The molecule has 1 aromatic carbocycles. The van der Waals surface area contributed by atoms with Crippen LogP contribution in [0.5, 0.6) is 0 Å². The fourth-order valence-corrected chi connectivity index (χ4v) is 4.27. The van der Waals surface area contributed by atoms with Crippen LogP contribution in [0.3, 0.4) is 0 Å². The number of hydrogen-bond acceptors (Lipinski definition) is 2. The molecule has 2 saturated carbocycles. The molecule has 2 aliphatic carbocycles. The minimum absolute atomic E-state index is 0.177. The first-order valence-corrected chi connectivity index (χ1v) is 8.12. The van der Waals surface area contributed by atoms with E-state index < -0.39 is 0 Å². The monoisotopic (exact) mass is 302 g/mol. The van der Waals surface area contributed by atoms with Crippen molar-refractivity contribution in [1.29, 1.82) is 0 Å². The molecule has 0 aliphatic heterocycles. The van der Waals surface area contributed by atoms with Gasteiger partial charge in [-0.1, -0.05) is 30.8 Å². The first-order chi connectivity index (χ1) is 10.1. The summed E-state index contributed by atoms with van der Waals surface area (Å²) in [6.45, 7) is 0. The second-order valence-electron chi connectivity index (χ2n) is 6.47. The van der Waals surface area contributed by atoms with Gasteiger partial charge in [-0.2, -0.15) is 0 Å². The van der Waals surface area contributed by atoms with Gasteiger partial charge < -0.3 is 10.6 Å². The van der Waals surface area contributed by atoms with Crippen LogP contribution in [-0.2, 0) is 4.79 Å². The van der Waals surface area contributed by atoms with E-state index in [-0.39, 0.29) is 5.91 Å². The van der Waals surface area contributed by atoms with Gasteiger partial charge in [0.25, 0.3) is 0 Å². The summed E-state index contributed by atoms with van der Waals surface area (Å²) < 4.78 is 0. The van der Waals surface area contributed by atoms with Crippen LogP contribution >= 0.6 is 12.2 Å². The zero-order valence-electron chi connectivity index (χ0n) is 12.4. The van der Waals surface area contributed by atoms with Crippen LogP contribution < -0.4 is 10.6 Å². The van der Waals surface area contributed by atoms with E-state index in [1.165, 1.54) is 25.7 Å². The molecule has 1 aromatic rings. The van der Waals surface area contributed by atoms with Crippen LogP contribution in [0, 0.1) is 17.8 Å². The molecule has 2 bridgehead atoms. The van der Waals surface area contributed by atoms with Crippen molar-refractivity contribution in [2.24, 2.45) is 23.5 Å². The minimum Gasteiger partial charge on any atom is -0.389 e. The highest BCUT2D eigenvalue weighted by atomic mass is 32.1. The predicted molar refractivity (Wildman–Crippen MR) is 89.3 cm³/mol. The lowest BCUT2D eigenvalue weighted by molar-refractivity contribution is -0.119. The summed E-state index contributed by atoms with van der Waals surface area (Å²) in [6, 6.07) is 7.59. The third-order valence-electron chi connectivity index (χ3n) is 5.23. The number of nitrogens with two attached hydrogens (primary N) is 1. The molecule has 3 nitrogen and oxygen atoms in total. The molecular formula is C17H22N2OS. The molecular weight excluding hydrogens is 280 g/mol. The van der Waals surface area contributed by atoms with E-state index in [0.717, 1.165) is 23.1 Å². The summed E-state index contributed by atoms with van der Waals surface area (Å²) in [6.07, 6.45) is 5.92. The molecule has 2 aliphatic rings. The topological polar surface area (TPSA) is 46.3 Å². The Morgan fingerprint density at radius 1 is 1.33 bits per heavy atom. The van der Waals surface area contributed by atoms with Gasteiger partial charge in [0.15, 0.2) is 0 Å². The molecule has 3 atom stereocenters. The first kappa shape index (κ1) is 14.5. The van der Waals surface area contributed by atoms with Crippen molar-refractivity contribution in [2.45, 2.75) is 32.1 Å². The normalized spacial score (nSPS) is 26.8. The SMILES string of the molecule is CN(C(=O)CC1CC2CCC1C2)c1ccccc1C(N)=S. The van der Waals surface area contributed by atoms with Gasteiger partial charge in [0, 0.05) is 19.0 Å².